The number of aryl methyl sites for hydroxylation is 2. The summed E-state index contributed by atoms with van der Waals surface area (Å²) in [4.78, 5) is 38.1. The monoisotopic (exact) mass is 422 g/mol. The third-order valence-electron chi connectivity index (χ3n) is 6.11. The second-order valence-electron chi connectivity index (χ2n) is 8.20. The maximum Gasteiger partial charge on any atom is 0.338 e. The molecule has 0 unspecified atom stereocenters. The number of carbonyl (C=O) groups excluding carboxylic acids is 2. The number of nitro groups is 1. The van der Waals surface area contributed by atoms with Crippen molar-refractivity contribution < 1.29 is 19.2 Å². The van der Waals surface area contributed by atoms with Crippen molar-refractivity contribution in [3.63, 3.8) is 0 Å². The maximum atomic E-state index is 12.5. The Balaban J connectivity index is 1.45. The molecule has 1 heterocycles. The van der Waals surface area contributed by atoms with Gasteiger partial charge < -0.3 is 9.64 Å². The summed E-state index contributed by atoms with van der Waals surface area (Å²) in [5.41, 5.74) is 3.46. The summed E-state index contributed by atoms with van der Waals surface area (Å²) in [5.74, 6) is -1.02. The van der Waals surface area contributed by atoms with Gasteiger partial charge in [-0.15, -0.1) is 0 Å². The zero-order valence-electron chi connectivity index (χ0n) is 17.5. The molecule has 1 fully saturated rings. The van der Waals surface area contributed by atoms with Crippen molar-refractivity contribution >= 4 is 23.1 Å². The molecule has 162 valence electrons. The van der Waals surface area contributed by atoms with Crippen LogP contribution >= 0.6 is 0 Å². The lowest BCUT2D eigenvalue weighted by Gasteiger charge is -2.22. The van der Waals surface area contributed by atoms with Crippen LogP contribution < -0.4 is 4.90 Å². The molecule has 7 nitrogen and oxygen atoms in total. The Morgan fingerprint density at radius 1 is 0.903 bits per heavy atom. The van der Waals surface area contributed by atoms with Crippen molar-refractivity contribution in [2.45, 2.75) is 44.9 Å². The number of hydrogen-bond acceptors (Lipinski definition) is 6. The van der Waals surface area contributed by atoms with E-state index in [1.165, 1.54) is 23.3 Å². The lowest BCUT2D eigenvalue weighted by molar-refractivity contribution is -0.384. The number of fused-ring (bicyclic) bond motifs is 1. The van der Waals surface area contributed by atoms with Gasteiger partial charge in [0.1, 0.15) is 5.69 Å². The van der Waals surface area contributed by atoms with Crippen LogP contribution in [-0.4, -0.2) is 36.4 Å². The third-order valence-corrected chi connectivity index (χ3v) is 6.11. The number of carbonyl (C=O) groups is 2. The van der Waals surface area contributed by atoms with E-state index < -0.39 is 10.9 Å². The Morgan fingerprint density at radius 3 is 2.35 bits per heavy atom. The van der Waals surface area contributed by atoms with E-state index in [-0.39, 0.29) is 23.6 Å². The first-order valence-corrected chi connectivity index (χ1v) is 10.9. The fraction of sp³-hybridized carbons (Fsp3) is 0.417. The second kappa shape index (κ2) is 9.29. The molecular weight excluding hydrogens is 396 g/mol. The van der Waals surface area contributed by atoms with Crippen molar-refractivity contribution in [1.82, 2.24) is 0 Å². The number of benzene rings is 2. The molecule has 1 aliphatic heterocycles. The molecule has 0 spiro atoms. The molecule has 1 aliphatic carbocycles. The van der Waals surface area contributed by atoms with Crippen LogP contribution in [0.5, 0.6) is 0 Å². The fourth-order valence-electron chi connectivity index (χ4n) is 4.42. The van der Waals surface area contributed by atoms with Crippen LogP contribution in [0.1, 0.15) is 63.9 Å². The number of hydrogen-bond donors (Lipinski definition) is 0. The van der Waals surface area contributed by atoms with Gasteiger partial charge in [0.15, 0.2) is 12.4 Å². The van der Waals surface area contributed by atoms with Gasteiger partial charge in [-0.25, -0.2) is 4.79 Å². The minimum Gasteiger partial charge on any atom is -0.454 e. The highest BCUT2D eigenvalue weighted by molar-refractivity contribution is 5.99. The van der Waals surface area contributed by atoms with Crippen LogP contribution in [0, 0.1) is 10.1 Å². The van der Waals surface area contributed by atoms with Gasteiger partial charge in [-0.1, -0.05) is 25.0 Å². The van der Waals surface area contributed by atoms with Gasteiger partial charge in [-0.3, -0.25) is 14.9 Å². The Bertz CT molecular complexity index is 1010. The summed E-state index contributed by atoms with van der Waals surface area (Å²) >= 11 is 0. The molecule has 0 atom stereocenters. The van der Waals surface area contributed by atoms with E-state index in [9.17, 15) is 19.7 Å². The fourth-order valence-corrected chi connectivity index (χ4v) is 4.42. The summed E-state index contributed by atoms with van der Waals surface area (Å²) in [5, 5.41) is 11.6. The molecule has 0 N–H and O–H groups in total. The molecule has 0 radical (unpaired) electrons. The molecule has 0 amide bonds. The average molecular weight is 422 g/mol. The first-order valence-electron chi connectivity index (χ1n) is 10.9. The van der Waals surface area contributed by atoms with E-state index in [2.05, 4.69) is 0 Å². The standard InChI is InChI=1S/C24H26N2O5/c27-23(19-9-8-17-6-5-7-18(17)14-19)16-31-24(28)20-10-11-21(22(15-20)26(29)30)25-12-3-1-2-4-13-25/h8-11,14-15H,1-7,12-13,16H2. The highest BCUT2D eigenvalue weighted by atomic mass is 16.6. The van der Waals surface area contributed by atoms with E-state index in [0.29, 0.717) is 11.3 Å². The normalized spacial score (nSPS) is 15.8. The highest BCUT2D eigenvalue weighted by Crippen LogP contribution is 2.31. The molecule has 1 saturated heterocycles. The first-order chi connectivity index (χ1) is 15.0. The van der Waals surface area contributed by atoms with E-state index in [1.807, 2.05) is 17.0 Å². The quantitative estimate of drug-likeness (QED) is 0.295. The number of Topliss-reactive ketones (excluding diaryl/α,β-unsaturated/α-hetero) is 1. The van der Waals surface area contributed by atoms with E-state index in [1.54, 1.807) is 12.1 Å². The SMILES string of the molecule is O=C(COC(=O)c1ccc(N2CCCCCC2)c([N+](=O)[O-])c1)c1ccc2c(c1)CCC2. The van der Waals surface area contributed by atoms with E-state index >= 15 is 0 Å². The average Bonchev–Trinajstić information content (AvgIpc) is 3.09. The Hall–Kier alpha value is -3.22. The van der Waals surface area contributed by atoms with Gasteiger partial charge >= 0.3 is 5.97 Å². The zero-order valence-corrected chi connectivity index (χ0v) is 17.5. The second-order valence-corrected chi connectivity index (χ2v) is 8.20. The third kappa shape index (κ3) is 4.76. The smallest absolute Gasteiger partial charge is 0.338 e. The Kier molecular flexibility index (Phi) is 6.30. The molecule has 2 aromatic carbocycles. The summed E-state index contributed by atoms with van der Waals surface area (Å²) in [6.07, 6.45) is 7.31. The number of anilines is 1. The summed E-state index contributed by atoms with van der Waals surface area (Å²) in [6.45, 7) is 1.14. The van der Waals surface area contributed by atoms with E-state index in [0.717, 1.165) is 58.0 Å². The number of nitro benzene ring substituents is 1. The van der Waals surface area contributed by atoms with Gasteiger partial charge in [-0.2, -0.15) is 0 Å². The van der Waals surface area contributed by atoms with Crippen LogP contribution in [-0.2, 0) is 17.6 Å². The summed E-state index contributed by atoms with van der Waals surface area (Å²) in [6, 6.07) is 10.0. The lowest BCUT2D eigenvalue weighted by atomic mass is 10.0. The summed E-state index contributed by atoms with van der Waals surface area (Å²) < 4.78 is 5.18. The lowest BCUT2D eigenvalue weighted by Crippen LogP contribution is -2.25. The summed E-state index contributed by atoms with van der Waals surface area (Å²) in [7, 11) is 0. The molecule has 31 heavy (non-hydrogen) atoms. The molecule has 0 aromatic heterocycles. The van der Waals surface area contributed by atoms with Crippen LogP contribution in [0.25, 0.3) is 0 Å². The van der Waals surface area contributed by atoms with Crippen LogP contribution in [0.3, 0.4) is 0 Å². The highest BCUT2D eigenvalue weighted by Gasteiger charge is 2.23. The topological polar surface area (TPSA) is 89.8 Å². The minimum absolute atomic E-state index is 0.0759. The van der Waals surface area contributed by atoms with Crippen molar-refractivity contribution in [2.75, 3.05) is 24.6 Å². The molecule has 4 rings (SSSR count). The van der Waals surface area contributed by atoms with Crippen molar-refractivity contribution in [2.24, 2.45) is 0 Å². The van der Waals surface area contributed by atoms with Crippen molar-refractivity contribution in [1.29, 1.82) is 0 Å². The molecule has 0 saturated carbocycles. The largest absolute Gasteiger partial charge is 0.454 e. The number of esters is 1. The molecule has 7 heteroatoms. The molecular formula is C24H26N2O5. The van der Waals surface area contributed by atoms with Crippen LogP contribution in [0.2, 0.25) is 0 Å². The minimum atomic E-state index is -0.736. The predicted molar refractivity (Wildman–Crippen MR) is 117 cm³/mol. The van der Waals surface area contributed by atoms with E-state index in [4.69, 9.17) is 4.74 Å². The van der Waals surface area contributed by atoms with Crippen molar-refractivity contribution in [3.8, 4) is 0 Å². The van der Waals surface area contributed by atoms with Gasteiger partial charge in [0.05, 0.1) is 10.5 Å². The number of nitrogens with zero attached hydrogens (tertiary/aromatic N) is 2. The van der Waals surface area contributed by atoms with Gasteiger partial charge in [0.2, 0.25) is 0 Å². The molecule has 2 aliphatic rings. The van der Waals surface area contributed by atoms with Crippen LogP contribution in [0.4, 0.5) is 11.4 Å². The zero-order chi connectivity index (χ0) is 21.8. The number of ketones is 1. The molecule has 2 aromatic rings. The Morgan fingerprint density at radius 2 is 1.61 bits per heavy atom. The van der Waals surface area contributed by atoms with Gasteiger partial charge in [-0.05, 0) is 61.4 Å². The van der Waals surface area contributed by atoms with Gasteiger partial charge in [0.25, 0.3) is 5.69 Å². The maximum absolute atomic E-state index is 12.5. The first kappa shape index (κ1) is 21.0. The van der Waals surface area contributed by atoms with Gasteiger partial charge in [0, 0.05) is 24.7 Å². The van der Waals surface area contributed by atoms with Crippen LogP contribution in [0.15, 0.2) is 36.4 Å². The Labute approximate surface area is 181 Å². The predicted octanol–water partition coefficient (Wildman–Crippen LogP) is 4.50. The molecule has 0 bridgehead atoms. The number of rotatable bonds is 6. The van der Waals surface area contributed by atoms with Crippen molar-refractivity contribution in [3.05, 3.63) is 68.8 Å². The number of ether oxygens (including phenoxy) is 1.